The van der Waals surface area contributed by atoms with E-state index in [0.717, 1.165) is 60.4 Å². The summed E-state index contributed by atoms with van der Waals surface area (Å²) >= 11 is 0. The van der Waals surface area contributed by atoms with Crippen LogP contribution in [0, 0.1) is 24.7 Å². The fourth-order valence-electron chi connectivity index (χ4n) is 5.04. The van der Waals surface area contributed by atoms with Crippen molar-refractivity contribution in [1.82, 2.24) is 9.97 Å². The summed E-state index contributed by atoms with van der Waals surface area (Å²) in [5, 5.41) is 0. The van der Waals surface area contributed by atoms with Crippen molar-refractivity contribution < 1.29 is 4.79 Å². The normalized spacial score (nSPS) is 21.0. The Morgan fingerprint density at radius 2 is 2.03 bits per heavy atom. The van der Waals surface area contributed by atoms with Crippen LogP contribution >= 0.6 is 0 Å². The van der Waals surface area contributed by atoms with E-state index in [4.69, 9.17) is 11.5 Å². The number of primary amides is 1. The number of hydrogen-bond donors (Lipinski definition) is 2. The number of carbonyl (C=O) groups is 1. The Kier molecular flexibility index (Phi) is 8.38. The third-order valence-electron chi connectivity index (χ3n) is 6.77. The number of hydrogen-bond acceptors (Lipinski definition) is 5. The zero-order valence-corrected chi connectivity index (χ0v) is 19.0. The summed E-state index contributed by atoms with van der Waals surface area (Å²) in [6.45, 7) is 4.89. The highest BCUT2D eigenvalue weighted by molar-refractivity contribution is 6.11. The van der Waals surface area contributed by atoms with E-state index in [1.54, 1.807) is 6.33 Å². The predicted octanol–water partition coefficient (Wildman–Crippen LogP) is 4.43. The number of rotatable bonds is 9. The van der Waals surface area contributed by atoms with E-state index in [-0.39, 0.29) is 11.8 Å². The lowest BCUT2D eigenvalue weighted by atomic mass is 9.78. The molecule has 4 N–H and O–H groups in total. The molecule has 0 aromatic carbocycles. The molecule has 1 saturated carbocycles. The molecule has 1 fully saturated rings. The van der Waals surface area contributed by atoms with Gasteiger partial charge in [0.15, 0.2) is 0 Å². The molecule has 31 heavy (non-hydrogen) atoms. The lowest BCUT2D eigenvalue weighted by molar-refractivity contribution is -0.119. The maximum atomic E-state index is 11.8. The molecular formula is C25H37N5O. The fraction of sp³-hybridized carbons (Fsp3) is 0.600. The molecule has 1 amide bonds. The van der Waals surface area contributed by atoms with E-state index in [1.807, 2.05) is 13.1 Å². The zero-order chi connectivity index (χ0) is 22.2. The summed E-state index contributed by atoms with van der Waals surface area (Å²) in [5.41, 5.74) is 16.9. The minimum Gasteiger partial charge on any atom is -0.401 e. The van der Waals surface area contributed by atoms with Crippen LogP contribution in [0.15, 0.2) is 23.1 Å². The predicted molar refractivity (Wildman–Crippen MR) is 127 cm³/mol. The van der Waals surface area contributed by atoms with Crippen molar-refractivity contribution in [3.8, 4) is 0 Å². The molecule has 0 spiro atoms. The quantitative estimate of drug-likeness (QED) is 0.612. The van der Waals surface area contributed by atoms with E-state index in [0.29, 0.717) is 18.3 Å². The highest BCUT2D eigenvalue weighted by atomic mass is 16.1. The van der Waals surface area contributed by atoms with E-state index in [9.17, 15) is 4.79 Å². The molecule has 3 rings (SSSR count). The first kappa shape index (κ1) is 23.2. The molecule has 6 heteroatoms. The van der Waals surface area contributed by atoms with E-state index >= 15 is 0 Å². The van der Waals surface area contributed by atoms with E-state index < -0.39 is 0 Å². The molecular weight excluding hydrogens is 386 g/mol. The Balaban J connectivity index is 1.93. The van der Waals surface area contributed by atoms with Crippen LogP contribution < -0.4 is 11.5 Å². The molecule has 2 unspecified atom stereocenters. The van der Waals surface area contributed by atoms with Gasteiger partial charge >= 0.3 is 0 Å². The molecule has 2 atom stereocenters. The standard InChI is InChI=1S/C25H37N5O/c1-3-4-5-10-21-17(2)29-16-30-25(21)22-15-28-12-11-19(24(22)27)13-20(14-23(26)31)18-8-6-7-9-18/h5,10,15-16,18-20H,3-4,6-9,11-14,27H2,1-2H3,(H2,26,31)/b10-5-. The van der Waals surface area contributed by atoms with Crippen LogP contribution in [0.25, 0.3) is 11.6 Å². The number of aromatic nitrogens is 2. The SMILES string of the molecule is CCC/C=C\c1c(C)ncnc1C1=C(N)C(CC(CC(N)=O)C2CCCC2)CCN=C1. The Morgan fingerprint density at radius 3 is 2.74 bits per heavy atom. The van der Waals surface area contributed by atoms with Gasteiger partial charge in [0, 0.05) is 47.6 Å². The molecule has 2 aliphatic rings. The van der Waals surface area contributed by atoms with Gasteiger partial charge in [-0.2, -0.15) is 0 Å². The summed E-state index contributed by atoms with van der Waals surface area (Å²) < 4.78 is 0. The van der Waals surface area contributed by atoms with Gasteiger partial charge in [-0.1, -0.05) is 51.2 Å². The number of unbranched alkanes of at least 4 members (excludes halogenated alkanes) is 1. The van der Waals surface area contributed by atoms with Gasteiger partial charge in [-0.05, 0) is 38.0 Å². The third kappa shape index (κ3) is 6.02. The first-order valence-electron chi connectivity index (χ1n) is 11.8. The second-order valence-corrected chi connectivity index (χ2v) is 9.01. The highest BCUT2D eigenvalue weighted by Gasteiger charge is 2.31. The average Bonchev–Trinajstić information content (AvgIpc) is 3.21. The lowest BCUT2D eigenvalue weighted by Gasteiger charge is -2.27. The van der Waals surface area contributed by atoms with Gasteiger partial charge < -0.3 is 11.5 Å². The van der Waals surface area contributed by atoms with Crippen molar-refractivity contribution in [2.75, 3.05) is 6.54 Å². The topological polar surface area (TPSA) is 107 Å². The van der Waals surface area contributed by atoms with Crippen LogP contribution in [-0.2, 0) is 4.79 Å². The Bertz CT molecular complexity index is 851. The molecule has 0 bridgehead atoms. The fourth-order valence-corrected chi connectivity index (χ4v) is 5.04. The minimum atomic E-state index is -0.209. The third-order valence-corrected chi connectivity index (χ3v) is 6.77. The lowest BCUT2D eigenvalue weighted by Crippen LogP contribution is -2.26. The van der Waals surface area contributed by atoms with Gasteiger partial charge in [-0.15, -0.1) is 0 Å². The molecule has 0 radical (unpaired) electrons. The van der Waals surface area contributed by atoms with Crippen molar-refractivity contribution in [2.24, 2.45) is 34.2 Å². The first-order valence-corrected chi connectivity index (χ1v) is 11.8. The molecule has 1 aliphatic heterocycles. The van der Waals surface area contributed by atoms with Gasteiger partial charge in [-0.3, -0.25) is 9.79 Å². The van der Waals surface area contributed by atoms with Crippen molar-refractivity contribution >= 4 is 23.8 Å². The second kappa shape index (κ2) is 11.2. The van der Waals surface area contributed by atoms with Gasteiger partial charge in [0.25, 0.3) is 0 Å². The Morgan fingerprint density at radius 1 is 1.26 bits per heavy atom. The molecule has 1 aromatic rings. The second-order valence-electron chi connectivity index (χ2n) is 9.01. The number of nitrogens with two attached hydrogens (primary N) is 2. The summed E-state index contributed by atoms with van der Waals surface area (Å²) in [6.07, 6.45) is 17.0. The maximum Gasteiger partial charge on any atom is 0.217 e. The van der Waals surface area contributed by atoms with Gasteiger partial charge in [0.05, 0.1) is 5.69 Å². The van der Waals surface area contributed by atoms with Crippen LogP contribution in [0.1, 0.15) is 81.7 Å². The summed E-state index contributed by atoms with van der Waals surface area (Å²) in [6, 6.07) is 0. The number of carbonyl (C=O) groups excluding carboxylic acids is 1. The minimum absolute atomic E-state index is 0.171. The van der Waals surface area contributed by atoms with Crippen molar-refractivity contribution in [1.29, 1.82) is 0 Å². The smallest absolute Gasteiger partial charge is 0.217 e. The number of allylic oxidation sites excluding steroid dienone is 3. The van der Waals surface area contributed by atoms with E-state index in [1.165, 1.54) is 25.7 Å². The van der Waals surface area contributed by atoms with Crippen molar-refractivity contribution in [3.63, 3.8) is 0 Å². The number of amides is 1. The maximum absolute atomic E-state index is 11.8. The van der Waals surface area contributed by atoms with Gasteiger partial charge in [-0.25, -0.2) is 9.97 Å². The summed E-state index contributed by atoms with van der Waals surface area (Å²) in [5.74, 6) is 0.824. The highest BCUT2D eigenvalue weighted by Crippen LogP contribution is 2.39. The molecule has 1 aromatic heterocycles. The van der Waals surface area contributed by atoms with Crippen LogP contribution in [0.2, 0.25) is 0 Å². The molecule has 0 saturated heterocycles. The molecule has 168 valence electrons. The first-order chi connectivity index (χ1) is 15.0. The van der Waals surface area contributed by atoms with Crippen LogP contribution in [0.4, 0.5) is 0 Å². The van der Waals surface area contributed by atoms with Crippen molar-refractivity contribution in [3.05, 3.63) is 35.1 Å². The van der Waals surface area contributed by atoms with Crippen LogP contribution in [0.3, 0.4) is 0 Å². The summed E-state index contributed by atoms with van der Waals surface area (Å²) in [4.78, 5) is 25.4. The van der Waals surface area contributed by atoms with Crippen LogP contribution in [0.5, 0.6) is 0 Å². The Labute approximate surface area is 186 Å². The monoisotopic (exact) mass is 423 g/mol. The molecule has 1 aliphatic carbocycles. The Hall–Kier alpha value is -2.50. The van der Waals surface area contributed by atoms with Gasteiger partial charge in [0.2, 0.25) is 5.91 Å². The zero-order valence-electron chi connectivity index (χ0n) is 19.0. The van der Waals surface area contributed by atoms with Crippen molar-refractivity contribution in [2.45, 2.75) is 71.6 Å². The van der Waals surface area contributed by atoms with Crippen LogP contribution in [-0.4, -0.2) is 28.6 Å². The number of nitrogens with zero attached hydrogens (tertiary/aromatic N) is 3. The molecule has 6 nitrogen and oxygen atoms in total. The largest absolute Gasteiger partial charge is 0.401 e. The van der Waals surface area contributed by atoms with E-state index in [2.05, 4.69) is 34.0 Å². The number of aliphatic imine (C=N–C) groups is 1. The summed E-state index contributed by atoms with van der Waals surface area (Å²) in [7, 11) is 0. The average molecular weight is 424 g/mol. The number of aryl methyl sites for hydroxylation is 1. The van der Waals surface area contributed by atoms with Gasteiger partial charge in [0.1, 0.15) is 6.33 Å². The molecule has 2 heterocycles.